The Hall–Kier alpha value is -2.82. The van der Waals surface area contributed by atoms with Crippen LogP contribution in [-0.4, -0.2) is 25.1 Å². The predicted molar refractivity (Wildman–Crippen MR) is 81.4 cm³/mol. The zero-order chi connectivity index (χ0) is 15.1. The molecule has 0 spiro atoms. The van der Waals surface area contributed by atoms with E-state index >= 15 is 0 Å². The molecule has 1 heterocycles. The van der Waals surface area contributed by atoms with E-state index in [9.17, 15) is 4.79 Å². The number of hydrogen-bond acceptors (Lipinski definition) is 4. The van der Waals surface area contributed by atoms with Crippen molar-refractivity contribution in [2.24, 2.45) is 0 Å². The molecule has 1 aromatic heterocycles. The van der Waals surface area contributed by atoms with Crippen molar-refractivity contribution in [2.75, 3.05) is 19.5 Å². The molecule has 5 heteroatoms. The van der Waals surface area contributed by atoms with Gasteiger partial charge in [-0.3, -0.25) is 9.78 Å². The highest BCUT2D eigenvalue weighted by atomic mass is 16.5. The molecule has 0 aliphatic heterocycles. The minimum absolute atomic E-state index is 0.243. The quantitative estimate of drug-likeness (QED) is 0.858. The summed E-state index contributed by atoms with van der Waals surface area (Å²) in [6.07, 6.45) is 4.75. The van der Waals surface area contributed by atoms with Crippen LogP contribution in [0.5, 0.6) is 11.5 Å². The molecule has 0 aliphatic rings. The number of rotatable bonds is 5. The van der Waals surface area contributed by atoms with Gasteiger partial charge >= 0.3 is 0 Å². The number of nitrogens with zero attached hydrogens (tertiary/aromatic N) is 1. The first-order chi connectivity index (χ1) is 10.2. The molecular weight excluding hydrogens is 268 g/mol. The third-order valence-electron chi connectivity index (χ3n) is 2.74. The number of nitrogens with one attached hydrogen (secondary N) is 1. The van der Waals surface area contributed by atoms with Crippen LogP contribution in [0.3, 0.4) is 0 Å². The van der Waals surface area contributed by atoms with E-state index in [1.807, 2.05) is 18.2 Å². The summed E-state index contributed by atoms with van der Waals surface area (Å²) < 4.78 is 10.3. The average molecular weight is 284 g/mol. The van der Waals surface area contributed by atoms with Gasteiger partial charge in [0, 0.05) is 24.0 Å². The van der Waals surface area contributed by atoms with E-state index in [0.29, 0.717) is 17.2 Å². The lowest BCUT2D eigenvalue weighted by Gasteiger charge is -2.09. The highest BCUT2D eigenvalue weighted by Crippen LogP contribution is 2.29. The SMILES string of the molecule is COc1ccc(NC(=O)/C=C/c2ccccn2)cc1OC. The minimum Gasteiger partial charge on any atom is -0.493 e. The van der Waals surface area contributed by atoms with Gasteiger partial charge in [-0.05, 0) is 30.3 Å². The molecule has 0 atom stereocenters. The summed E-state index contributed by atoms with van der Waals surface area (Å²) in [5.41, 5.74) is 1.35. The van der Waals surface area contributed by atoms with Gasteiger partial charge < -0.3 is 14.8 Å². The zero-order valence-electron chi connectivity index (χ0n) is 11.9. The number of aromatic nitrogens is 1. The van der Waals surface area contributed by atoms with Gasteiger partial charge in [0.15, 0.2) is 11.5 Å². The standard InChI is InChI=1S/C16H16N2O3/c1-20-14-8-6-13(11-15(14)21-2)18-16(19)9-7-12-5-3-4-10-17-12/h3-11H,1-2H3,(H,18,19)/b9-7+. The van der Waals surface area contributed by atoms with Gasteiger partial charge in [0.25, 0.3) is 0 Å². The van der Waals surface area contributed by atoms with Crippen LogP contribution in [0.15, 0.2) is 48.7 Å². The number of benzene rings is 1. The van der Waals surface area contributed by atoms with Crippen LogP contribution in [0.2, 0.25) is 0 Å². The second-order valence-electron chi connectivity index (χ2n) is 4.15. The first-order valence-corrected chi connectivity index (χ1v) is 6.35. The topological polar surface area (TPSA) is 60.5 Å². The second-order valence-corrected chi connectivity index (χ2v) is 4.15. The van der Waals surface area contributed by atoms with Crippen molar-refractivity contribution in [1.82, 2.24) is 4.98 Å². The average Bonchev–Trinajstić information content (AvgIpc) is 2.53. The molecule has 5 nitrogen and oxygen atoms in total. The lowest BCUT2D eigenvalue weighted by atomic mass is 10.2. The summed E-state index contributed by atoms with van der Waals surface area (Å²) in [5.74, 6) is 0.927. The van der Waals surface area contributed by atoms with Crippen LogP contribution in [-0.2, 0) is 4.79 Å². The van der Waals surface area contributed by atoms with Gasteiger partial charge in [-0.2, -0.15) is 0 Å². The number of carbonyl (C=O) groups excluding carboxylic acids is 1. The summed E-state index contributed by atoms with van der Waals surface area (Å²) in [6, 6.07) is 10.7. The minimum atomic E-state index is -0.243. The maximum Gasteiger partial charge on any atom is 0.248 e. The number of amides is 1. The van der Waals surface area contributed by atoms with Crippen LogP contribution in [0, 0.1) is 0 Å². The molecule has 0 fully saturated rings. The molecule has 1 amide bonds. The number of anilines is 1. The van der Waals surface area contributed by atoms with E-state index in [2.05, 4.69) is 10.3 Å². The van der Waals surface area contributed by atoms with Gasteiger partial charge in [-0.15, -0.1) is 0 Å². The lowest BCUT2D eigenvalue weighted by molar-refractivity contribution is -0.111. The van der Waals surface area contributed by atoms with Crippen LogP contribution >= 0.6 is 0 Å². The Morgan fingerprint density at radius 1 is 1.14 bits per heavy atom. The molecular formula is C16H16N2O3. The molecule has 0 bridgehead atoms. The molecule has 1 N–H and O–H groups in total. The van der Waals surface area contributed by atoms with Gasteiger partial charge in [-0.1, -0.05) is 6.07 Å². The van der Waals surface area contributed by atoms with Gasteiger partial charge in [0.05, 0.1) is 19.9 Å². The third kappa shape index (κ3) is 4.07. The van der Waals surface area contributed by atoms with Crippen molar-refractivity contribution in [3.63, 3.8) is 0 Å². The fourth-order valence-corrected chi connectivity index (χ4v) is 1.73. The Labute approximate surface area is 123 Å². The van der Waals surface area contributed by atoms with E-state index < -0.39 is 0 Å². The number of carbonyl (C=O) groups is 1. The highest BCUT2D eigenvalue weighted by Gasteiger charge is 2.05. The Morgan fingerprint density at radius 3 is 2.62 bits per heavy atom. The van der Waals surface area contributed by atoms with Crippen molar-refractivity contribution in [3.8, 4) is 11.5 Å². The number of pyridine rings is 1. The van der Waals surface area contributed by atoms with E-state index in [1.54, 1.807) is 44.7 Å². The molecule has 0 saturated heterocycles. The van der Waals surface area contributed by atoms with Crippen molar-refractivity contribution >= 4 is 17.7 Å². The summed E-state index contributed by atoms with van der Waals surface area (Å²) in [5, 5.41) is 2.75. The van der Waals surface area contributed by atoms with Crippen LogP contribution in [0.4, 0.5) is 5.69 Å². The van der Waals surface area contributed by atoms with Crippen molar-refractivity contribution < 1.29 is 14.3 Å². The molecule has 0 aliphatic carbocycles. The second kappa shape index (κ2) is 7.09. The number of hydrogen-bond donors (Lipinski definition) is 1. The number of methoxy groups -OCH3 is 2. The van der Waals surface area contributed by atoms with Crippen LogP contribution < -0.4 is 14.8 Å². The van der Waals surface area contributed by atoms with Crippen molar-refractivity contribution in [3.05, 3.63) is 54.4 Å². The van der Waals surface area contributed by atoms with E-state index in [4.69, 9.17) is 9.47 Å². The number of ether oxygens (including phenoxy) is 2. The van der Waals surface area contributed by atoms with Gasteiger partial charge in [0.1, 0.15) is 0 Å². The zero-order valence-corrected chi connectivity index (χ0v) is 11.9. The van der Waals surface area contributed by atoms with E-state index in [1.165, 1.54) is 6.08 Å². The van der Waals surface area contributed by atoms with Gasteiger partial charge in [-0.25, -0.2) is 0 Å². The third-order valence-corrected chi connectivity index (χ3v) is 2.74. The summed E-state index contributed by atoms with van der Waals surface area (Å²) in [4.78, 5) is 15.9. The van der Waals surface area contributed by atoms with Crippen LogP contribution in [0.25, 0.3) is 6.08 Å². The highest BCUT2D eigenvalue weighted by molar-refractivity contribution is 6.01. The monoisotopic (exact) mass is 284 g/mol. The fraction of sp³-hybridized carbons (Fsp3) is 0.125. The molecule has 2 aromatic rings. The fourth-order valence-electron chi connectivity index (χ4n) is 1.73. The molecule has 0 saturated carbocycles. The first-order valence-electron chi connectivity index (χ1n) is 6.35. The maximum atomic E-state index is 11.8. The maximum absolute atomic E-state index is 11.8. The Kier molecular flexibility index (Phi) is 4.93. The van der Waals surface area contributed by atoms with Crippen molar-refractivity contribution in [2.45, 2.75) is 0 Å². The normalized spacial score (nSPS) is 10.4. The van der Waals surface area contributed by atoms with E-state index in [0.717, 1.165) is 5.69 Å². The Bertz CT molecular complexity index is 639. The molecule has 0 unspecified atom stereocenters. The largest absolute Gasteiger partial charge is 0.493 e. The summed E-state index contributed by atoms with van der Waals surface area (Å²) >= 11 is 0. The Morgan fingerprint density at radius 2 is 1.95 bits per heavy atom. The lowest BCUT2D eigenvalue weighted by Crippen LogP contribution is -2.08. The Balaban J connectivity index is 2.04. The molecule has 108 valence electrons. The van der Waals surface area contributed by atoms with E-state index in [-0.39, 0.29) is 5.91 Å². The molecule has 21 heavy (non-hydrogen) atoms. The summed E-state index contributed by atoms with van der Waals surface area (Å²) in [7, 11) is 3.11. The first kappa shape index (κ1) is 14.6. The molecule has 2 rings (SSSR count). The predicted octanol–water partition coefficient (Wildman–Crippen LogP) is 2.75. The molecule has 1 aromatic carbocycles. The summed E-state index contributed by atoms with van der Waals surface area (Å²) in [6.45, 7) is 0. The smallest absolute Gasteiger partial charge is 0.248 e. The van der Waals surface area contributed by atoms with Crippen LogP contribution in [0.1, 0.15) is 5.69 Å². The van der Waals surface area contributed by atoms with Gasteiger partial charge in [0.2, 0.25) is 5.91 Å². The molecule has 0 radical (unpaired) electrons. The van der Waals surface area contributed by atoms with Crippen molar-refractivity contribution in [1.29, 1.82) is 0 Å².